The van der Waals surface area contributed by atoms with Crippen LogP contribution in [-0.2, 0) is 17.9 Å². The number of para-hydroxylation sites is 2. The Morgan fingerprint density at radius 2 is 2.07 bits per heavy atom. The maximum atomic E-state index is 12.4. The smallest absolute Gasteiger partial charge is 0.230 e. The number of thioether (sulfide) groups is 1. The Morgan fingerprint density at radius 3 is 2.80 bits per heavy atom. The minimum Gasteiger partial charge on any atom is -0.493 e. The summed E-state index contributed by atoms with van der Waals surface area (Å²) < 4.78 is 13.1. The van der Waals surface area contributed by atoms with Gasteiger partial charge in [0.05, 0.1) is 12.9 Å². The van der Waals surface area contributed by atoms with Crippen molar-refractivity contribution in [1.82, 2.24) is 20.1 Å². The molecule has 1 aromatic heterocycles. The highest BCUT2D eigenvalue weighted by atomic mass is 32.2. The van der Waals surface area contributed by atoms with E-state index in [-0.39, 0.29) is 18.6 Å². The Labute approximate surface area is 182 Å². The quantitative estimate of drug-likeness (QED) is 0.456. The van der Waals surface area contributed by atoms with Crippen LogP contribution < -0.4 is 14.8 Å². The van der Waals surface area contributed by atoms with E-state index in [1.54, 1.807) is 13.2 Å². The number of aromatic nitrogens is 3. The summed E-state index contributed by atoms with van der Waals surface area (Å²) in [6.07, 6.45) is 6.47. The second kappa shape index (κ2) is 11.1. The van der Waals surface area contributed by atoms with Crippen molar-refractivity contribution in [2.75, 3.05) is 12.9 Å². The van der Waals surface area contributed by atoms with Crippen molar-refractivity contribution >= 4 is 17.7 Å². The fraction of sp³-hybridized carbons (Fsp3) is 0.500. The summed E-state index contributed by atoms with van der Waals surface area (Å²) in [5.41, 5.74) is 0. The van der Waals surface area contributed by atoms with Crippen molar-refractivity contribution in [2.45, 2.75) is 57.0 Å². The third-order valence-corrected chi connectivity index (χ3v) is 6.29. The molecule has 0 unspecified atom stereocenters. The number of hydrogen-bond donors (Lipinski definition) is 1. The molecule has 1 saturated carbocycles. The predicted octanol–water partition coefficient (Wildman–Crippen LogP) is 3.84. The number of allylic oxidation sites excluding steroid dienone is 1. The van der Waals surface area contributed by atoms with E-state index in [1.165, 1.54) is 31.0 Å². The first-order valence-electron chi connectivity index (χ1n) is 10.3. The Bertz CT molecular complexity index is 855. The number of hydrogen-bond acceptors (Lipinski definition) is 6. The zero-order valence-electron chi connectivity index (χ0n) is 17.7. The minimum absolute atomic E-state index is 0.0405. The summed E-state index contributed by atoms with van der Waals surface area (Å²) >= 11 is 1.38. The molecule has 30 heavy (non-hydrogen) atoms. The van der Waals surface area contributed by atoms with Gasteiger partial charge in [0.25, 0.3) is 0 Å². The lowest BCUT2D eigenvalue weighted by Crippen LogP contribution is -2.41. The number of methoxy groups -OCH3 is 1. The van der Waals surface area contributed by atoms with Crippen LogP contribution in [-0.4, -0.2) is 39.6 Å². The number of carbonyl (C=O) groups is 1. The van der Waals surface area contributed by atoms with Gasteiger partial charge in [-0.05, 0) is 30.9 Å². The molecule has 1 N–H and O–H groups in total. The van der Waals surface area contributed by atoms with Gasteiger partial charge < -0.3 is 14.8 Å². The van der Waals surface area contributed by atoms with Crippen molar-refractivity contribution < 1.29 is 14.3 Å². The average molecular weight is 431 g/mol. The molecule has 1 heterocycles. The zero-order chi connectivity index (χ0) is 21.3. The molecule has 1 amide bonds. The number of amides is 1. The van der Waals surface area contributed by atoms with Crippen molar-refractivity contribution in [3.63, 3.8) is 0 Å². The summed E-state index contributed by atoms with van der Waals surface area (Å²) in [5.74, 6) is 2.87. The summed E-state index contributed by atoms with van der Waals surface area (Å²) in [6.45, 7) is 6.82. The second-order valence-corrected chi connectivity index (χ2v) is 8.40. The Balaban J connectivity index is 1.59. The molecule has 162 valence electrons. The van der Waals surface area contributed by atoms with E-state index in [1.807, 2.05) is 28.8 Å². The van der Waals surface area contributed by atoms with Gasteiger partial charge in [-0.3, -0.25) is 9.36 Å². The first kappa shape index (κ1) is 22.2. The standard InChI is InChI=1S/C22H30N4O3S/c1-4-13-26-20(14-29-19-12-8-7-11-18(19)28-3)24-25-22(26)30-15-21(27)23-17-10-6-5-9-16(17)2/h4,7-8,11-12,16-17H,1,5-6,9-10,13-15H2,2-3H3,(H,23,27)/t16-,17-/m1/s1. The van der Waals surface area contributed by atoms with Gasteiger partial charge >= 0.3 is 0 Å². The third-order valence-electron chi connectivity index (χ3n) is 5.32. The second-order valence-electron chi connectivity index (χ2n) is 7.46. The van der Waals surface area contributed by atoms with Crippen LogP contribution in [0.5, 0.6) is 11.5 Å². The molecule has 7 nitrogen and oxygen atoms in total. The van der Waals surface area contributed by atoms with E-state index < -0.39 is 0 Å². The molecule has 1 aliphatic rings. The van der Waals surface area contributed by atoms with Crippen molar-refractivity contribution in [3.05, 3.63) is 42.7 Å². The van der Waals surface area contributed by atoms with E-state index in [0.717, 1.165) is 6.42 Å². The number of nitrogens with one attached hydrogen (secondary N) is 1. The van der Waals surface area contributed by atoms with Crippen LogP contribution in [0.3, 0.4) is 0 Å². The van der Waals surface area contributed by atoms with Gasteiger partial charge in [-0.25, -0.2) is 0 Å². The van der Waals surface area contributed by atoms with Crippen LogP contribution in [0.2, 0.25) is 0 Å². The predicted molar refractivity (Wildman–Crippen MR) is 118 cm³/mol. The van der Waals surface area contributed by atoms with E-state index in [9.17, 15) is 4.79 Å². The van der Waals surface area contributed by atoms with Crippen LogP contribution in [0.25, 0.3) is 0 Å². The maximum Gasteiger partial charge on any atom is 0.230 e. The van der Waals surface area contributed by atoms with Gasteiger partial charge in [0.1, 0.15) is 6.61 Å². The highest BCUT2D eigenvalue weighted by Crippen LogP contribution is 2.27. The molecule has 2 atom stereocenters. The summed E-state index contributed by atoms with van der Waals surface area (Å²) in [7, 11) is 1.61. The lowest BCUT2D eigenvalue weighted by molar-refractivity contribution is -0.119. The molecule has 0 saturated heterocycles. The Morgan fingerprint density at radius 1 is 1.30 bits per heavy atom. The van der Waals surface area contributed by atoms with E-state index in [2.05, 4.69) is 29.0 Å². The SMILES string of the molecule is C=CCn1c(COc2ccccc2OC)nnc1SCC(=O)N[C@@H]1CCCC[C@H]1C. The molecule has 3 rings (SSSR count). The molecule has 1 aromatic carbocycles. The van der Waals surface area contributed by atoms with Crippen LogP contribution >= 0.6 is 11.8 Å². The van der Waals surface area contributed by atoms with Crippen molar-refractivity contribution in [1.29, 1.82) is 0 Å². The summed E-state index contributed by atoms with van der Waals surface area (Å²) in [6, 6.07) is 7.75. The van der Waals surface area contributed by atoms with Crippen molar-refractivity contribution in [2.24, 2.45) is 5.92 Å². The monoisotopic (exact) mass is 430 g/mol. The molecule has 0 spiro atoms. The fourth-order valence-electron chi connectivity index (χ4n) is 3.63. The Kier molecular flexibility index (Phi) is 8.19. The number of ether oxygens (including phenoxy) is 2. The molecule has 0 aliphatic heterocycles. The molecular weight excluding hydrogens is 400 g/mol. The molecule has 8 heteroatoms. The van der Waals surface area contributed by atoms with Crippen LogP contribution in [0, 0.1) is 5.92 Å². The fourth-order valence-corrected chi connectivity index (χ4v) is 4.41. The minimum atomic E-state index is 0.0405. The first-order chi connectivity index (χ1) is 14.6. The normalized spacial score (nSPS) is 18.6. The van der Waals surface area contributed by atoms with Crippen LogP contribution in [0.1, 0.15) is 38.4 Å². The van der Waals surface area contributed by atoms with E-state index in [0.29, 0.717) is 40.7 Å². The highest BCUT2D eigenvalue weighted by Gasteiger charge is 2.23. The van der Waals surface area contributed by atoms with Gasteiger partial charge in [0.15, 0.2) is 22.5 Å². The summed E-state index contributed by atoms with van der Waals surface area (Å²) in [4.78, 5) is 12.4. The first-order valence-corrected chi connectivity index (χ1v) is 11.3. The zero-order valence-corrected chi connectivity index (χ0v) is 18.5. The number of nitrogens with zero attached hydrogens (tertiary/aromatic N) is 3. The molecular formula is C22H30N4O3S. The van der Waals surface area contributed by atoms with Crippen LogP contribution in [0.15, 0.2) is 42.1 Å². The number of rotatable bonds is 10. The molecule has 2 aromatic rings. The van der Waals surface area contributed by atoms with E-state index >= 15 is 0 Å². The number of benzene rings is 1. The largest absolute Gasteiger partial charge is 0.493 e. The third kappa shape index (κ3) is 5.78. The Hall–Kier alpha value is -2.48. The van der Waals surface area contributed by atoms with Gasteiger partial charge in [-0.2, -0.15) is 0 Å². The van der Waals surface area contributed by atoms with Crippen molar-refractivity contribution in [3.8, 4) is 11.5 Å². The van der Waals surface area contributed by atoms with Gasteiger partial charge in [-0.1, -0.05) is 49.7 Å². The van der Waals surface area contributed by atoms with Gasteiger partial charge in [0.2, 0.25) is 5.91 Å². The van der Waals surface area contributed by atoms with Crippen LogP contribution in [0.4, 0.5) is 0 Å². The van der Waals surface area contributed by atoms with E-state index in [4.69, 9.17) is 9.47 Å². The molecule has 1 fully saturated rings. The molecule has 1 aliphatic carbocycles. The summed E-state index contributed by atoms with van der Waals surface area (Å²) in [5, 5.41) is 12.4. The molecule has 0 radical (unpaired) electrons. The van der Waals surface area contributed by atoms with Gasteiger partial charge in [0, 0.05) is 12.6 Å². The topological polar surface area (TPSA) is 78.3 Å². The van der Waals surface area contributed by atoms with Gasteiger partial charge in [-0.15, -0.1) is 16.8 Å². The lowest BCUT2D eigenvalue weighted by atomic mass is 9.86. The highest BCUT2D eigenvalue weighted by molar-refractivity contribution is 7.99. The molecule has 0 bridgehead atoms. The number of carbonyl (C=O) groups excluding carboxylic acids is 1. The lowest BCUT2D eigenvalue weighted by Gasteiger charge is -2.29. The average Bonchev–Trinajstić information content (AvgIpc) is 3.14. The maximum absolute atomic E-state index is 12.4.